The summed E-state index contributed by atoms with van der Waals surface area (Å²) in [5, 5.41) is 9.32. The standard InChI is InChI=1S/C25H29N3O3/c1-18(2)23(31-22-11-5-4-9-21(22)17-26)25(30)28-13-7-12-27(14-15-28)24(29)20-10-6-8-19(3)16-20/h4-6,8-11,16,18,23H,7,12-15H2,1-3H3. The Morgan fingerprint density at radius 3 is 2.42 bits per heavy atom. The summed E-state index contributed by atoms with van der Waals surface area (Å²) in [7, 11) is 0. The third kappa shape index (κ3) is 5.43. The quantitative estimate of drug-likeness (QED) is 0.742. The van der Waals surface area contributed by atoms with E-state index in [1.807, 2.05) is 49.9 Å². The second-order valence-electron chi connectivity index (χ2n) is 8.23. The summed E-state index contributed by atoms with van der Waals surface area (Å²) in [6.45, 7) is 7.97. The number of hydrogen-bond donors (Lipinski definition) is 0. The van der Waals surface area contributed by atoms with E-state index in [-0.39, 0.29) is 17.7 Å². The molecule has 1 unspecified atom stereocenters. The lowest BCUT2D eigenvalue weighted by Gasteiger charge is -2.29. The molecule has 1 atom stereocenters. The number of hydrogen-bond acceptors (Lipinski definition) is 4. The van der Waals surface area contributed by atoms with E-state index in [1.165, 1.54) is 0 Å². The van der Waals surface area contributed by atoms with Crippen molar-refractivity contribution in [1.29, 1.82) is 5.26 Å². The molecule has 3 rings (SSSR count). The number of amides is 2. The molecule has 1 aliphatic heterocycles. The van der Waals surface area contributed by atoms with Gasteiger partial charge in [0.15, 0.2) is 6.10 Å². The fraction of sp³-hybridized carbons (Fsp3) is 0.400. The van der Waals surface area contributed by atoms with Gasteiger partial charge in [0.1, 0.15) is 11.8 Å². The number of ether oxygens (including phenoxy) is 1. The number of nitrogens with zero attached hydrogens (tertiary/aromatic N) is 3. The average Bonchev–Trinajstić information content (AvgIpc) is 3.03. The van der Waals surface area contributed by atoms with Crippen LogP contribution >= 0.6 is 0 Å². The Bertz CT molecular complexity index is 980. The molecule has 0 saturated carbocycles. The number of carbonyl (C=O) groups excluding carboxylic acids is 2. The molecule has 162 valence electrons. The molecular formula is C25H29N3O3. The third-order valence-corrected chi connectivity index (χ3v) is 5.47. The van der Waals surface area contributed by atoms with Gasteiger partial charge in [0, 0.05) is 31.7 Å². The minimum absolute atomic E-state index is 0.00222. The molecule has 1 saturated heterocycles. The van der Waals surface area contributed by atoms with E-state index in [2.05, 4.69) is 6.07 Å². The molecule has 6 heteroatoms. The van der Waals surface area contributed by atoms with E-state index in [9.17, 15) is 14.9 Å². The fourth-order valence-corrected chi connectivity index (χ4v) is 3.75. The van der Waals surface area contributed by atoms with Crippen LogP contribution in [0.5, 0.6) is 5.75 Å². The van der Waals surface area contributed by atoms with Gasteiger partial charge in [-0.25, -0.2) is 0 Å². The Labute approximate surface area is 184 Å². The summed E-state index contributed by atoms with van der Waals surface area (Å²) < 4.78 is 6.02. The first-order valence-electron chi connectivity index (χ1n) is 10.7. The summed E-state index contributed by atoms with van der Waals surface area (Å²) in [5.41, 5.74) is 2.13. The number of benzene rings is 2. The van der Waals surface area contributed by atoms with Gasteiger partial charge in [-0.05, 0) is 43.5 Å². The van der Waals surface area contributed by atoms with Crippen LogP contribution in [0.15, 0.2) is 48.5 Å². The number of carbonyl (C=O) groups is 2. The molecule has 1 fully saturated rings. The minimum atomic E-state index is -0.687. The van der Waals surface area contributed by atoms with E-state index in [1.54, 1.807) is 29.2 Å². The van der Waals surface area contributed by atoms with Crippen LogP contribution in [0.3, 0.4) is 0 Å². The molecule has 31 heavy (non-hydrogen) atoms. The highest BCUT2D eigenvalue weighted by Crippen LogP contribution is 2.22. The maximum atomic E-state index is 13.3. The van der Waals surface area contributed by atoms with E-state index >= 15 is 0 Å². The van der Waals surface area contributed by atoms with Crippen molar-refractivity contribution >= 4 is 11.8 Å². The van der Waals surface area contributed by atoms with Crippen LogP contribution in [0, 0.1) is 24.2 Å². The highest BCUT2D eigenvalue weighted by molar-refractivity contribution is 5.94. The van der Waals surface area contributed by atoms with Crippen molar-refractivity contribution in [3.63, 3.8) is 0 Å². The highest BCUT2D eigenvalue weighted by atomic mass is 16.5. The van der Waals surface area contributed by atoms with Gasteiger partial charge < -0.3 is 14.5 Å². The molecule has 2 aromatic carbocycles. The summed E-state index contributed by atoms with van der Waals surface area (Å²) in [6.07, 6.45) is 0.0247. The molecule has 2 amide bonds. The zero-order valence-corrected chi connectivity index (χ0v) is 18.4. The van der Waals surface area contributed by atoms with Crippen LogP contribution in [-0.2, 0) is 4.79 Å². The lowest BCUT2D eigenvalue weighted by molar-refractivity contribution is -0.140. The molecule has 0 spiro atoms. The second kappa shape index (κ2) is 10.1. The van der Waals surface area contributed by atoms with Crippen molar-refractivity contribution in [2.24, 2.45) is 5.92 Å². The van der Waals surface area contributed by atoms with Crippen molar-refractivity contribution in [3.8, 4) is 11.8 Å². The summed E-state index contributed by atoms with van der Waals surface area (Å²) in [4.78, 5) is 29.8. The zero-order valence-electron chi connectivity index (χ0n) is 18.4. The topological polar surface area (TPSA) is 73.6 Å². The zero-order chi connectivity index (χ0) is 22.4. The Hall–Kier alpha value is -3.33. The maximum Gasteiger partial charge on any atom is 0.263 e. The Morgan fingerprint density at radius 2 is 1.71 bits per heavy atom. The fourth-order valence-electron chi connectivity index (χ4n) is 3.75. The van der Waals surface area contributed by atoms with Crippen LogP contribution in [-0.4, -0.2) is 53.9 Å². The van der Waals surface area contributed by atoms with Gasteiger partial charge in [0.25, 0.3) is 11.8 Å². The minimum Gasteiger partial charge on any atom is -0.479 e. The summed E-state index contributed by atoms with van der Waals surface area (Å²) in [5.74, 6) is 0.251. The number of rotatable bonds is 5. The third-order valence-electron chi connectivity index (χ3n) is 5.47. The first kappa shape index (κ1) is 22.4. The maximum absolute atomic E-state index is 13.3. The molecule has 6 nitrogen and oxygen atoms in total. The van der Waals surface area contributed by atoms with Crippen LogP contribution in [0.1, 0.15) is 41.8 Å². The van der Waals surface area contributed by atoms with Gasteiger partial charge in [-0.2, -0.15) is 5.26 Å². The van der Waals surface area contributed by atoms with Gasteiger partial charge in [0.05, 0.1) is 5.56 Å². The van der Waals surface area contributed by atoms with E-state index in [0.29, 0.717) is 49.5 Å². The molecule has 0 aromatic heterocycles. The van der Waals surface area contributed by atoms with Crippen molar-refractivity contribution in [3.05, 3.63) is 65.2 Å². The molecule has 0 aliphatic carbocycles. The van der Waals surface area contributed by atoms with Crippen LogP contribution in [0.2, 0.25) is 0 Å². The van der Waals surface area contributed by atoms with Gasteiger partial charge in [0.2, 0.25) is 0 Å². The molecule has 0 radical (unpaired) electrons. The number of nitriles is 1. The van der Waals surface area contributed by atoms with Gasteiger partial charge in [-0.3, -0.25) is 9.59 Å². The lowest BCUT2D eigenvalue weighted by Crippen LogP contribution is -2.46. The molecule has 2 aromatic rings. The molecule has 1 heterocycles. The molecule has 1 aliphatic rings. The predicted octanol–water partition coefficient (Wildman–Crippen LogP) is 3.64. The van der Waals surface area contributed by atoms with Crippen molar-refractivity contribution < 1.29 is 14.3 Å². The van der Waals surface area contributed by atoms with E-state index in [0.717, 1.165) is 5.56 Å². The first-order chi connectivity index (χ1) is 14.9. The smallest absolute Gasteiger partial charge is 0.263 e. The number of aryl methyl sites for hydroxylation is 1. The van der Waals surface area contributed by atoms with Gasteiger partial charge in [-0.15, -0.1) is 0 Å². The average molecular weight is 420 g/mol. The summed E-state index contributed by atoms with van der Waals surface area (Å²) in [6, 6.07) is 16.6. The van der Waals surface area contributed by atoms with Gasteiger partial charge in [-0.1, -0.05) is 43.7 Å². The van der Waals surface area contributed by atoms with E-state index in [4.69, 9.17) is 4.74 Å². The summed E-state index contributed by atoms with van der Waals surface area (Å²) >= 11 is 0. The van der Waals surface area contributed by atoms with Crippen molar-refractivity contribution in [1.82, 2.24) is 9.80 Å². The monoisotopic (exact) mass is 419 g/mol. The molecule has 0 N–H and O–H groups in total. The van der Waals surface area contributed by atoms with Crippen LogP contribution in [0.4, 0.5) is 0 Å². The lowest BCUT2D eigenvalue weighted by atomic mass is 10.1. The normalized spacial score (nSPS) is 15.2. The SMILES string of the molecule is Cc1cccc(C(=O)N2CCCN(C(=O)C(Oc3ccccc3C#N)C(C)C)CC2)c1. The Balaban J connectivity index is 1.69. The number of para-hydroxylation sites is 1. The molecule has 0 bridgehead atoms. The van der Waals surface area contributed by atoms with Crippen molar-refractivity contribution in [2.45, 2.75) is 33.3 Å². The van der Waals surface area contributed by atoms with Crippen molar-refractivity contribution in [2.75, 3.05) is 26.2 Å². The predicted molar refractivity (Wildman–Crippen MR) is 119 cm³/mol. The van der Waals surface area contributed by atoms with Crippen LogP contribution < -0.4 is 4.74 Å². The Kier molecular flexibility index (Phi) is 7.30. The van der Waals surface area contributed by atoms with Gasteiger partial charge >= 0.3 is 0 Å². The molecular weight excluding hydrogens is 390 g/mol. The first-order valence-corrected chi connectivity index (χ1v) is 10.7. The van der Waals surface area contributed by atoms with E-state index < -0.39 is 6.10 Å². The van der Waals surface area contributed by atoms with Crippen LogP contribution in [0.25, 0.3) is 0 Å². The highest BCUT2D eigenvalue weighted by Gasteiger charge is 2.31. The second-order valence-corrected chi connectivity index (χ2v) is 8.23. The Morgan fingerprint density at radius 1 is 1.00 bits per heavy atom. The largest absolute Gasteiger partial charge is 0.479 e.